The summed E-state index contributed by atoms with van der Waals surface area (Å²) in [7, 11) is 0. The lowest BCUT2D eigenvalue weighted by Crippen LogP contribution is -2.52. The van der Waals surface area contributed by atoms with E-state index in [0.29, 0.717) is 12.5 Å². The van der Waals surface area contributed by atoms with Gasteiger partial charge in [-0.15, -0.1) is 0 Å². The first-order valence-electron chi connectivity index (χ1n) is 7.07. The minimum Gasteiger partial charge on any atom is -0.394 e. The van der Waals surface area contributed by atoms with Crippen LogP contribution in [0.2, 0.25) is 0 Å². The monoisotopic (exact) mass is 256 g/mol. The first kappa shape index (κ1) is 15.4. The van der Waals surface area contributed by atoms with Crippen molar-refractivity contribution in [1.29, 1.82) is 0 Å². The van der Waals surface area contributed by atoms with Gasteiger partial charge in [0.15, 0.2) is 0 Å². The summed E-state index contributed by atoms with van der Waals surface area (Å²) in [4.78, 5) is 12.4. The molecule has 1 saturated carbocycles. The van der Waals surface area contributed by atoms with Gasteiger partial charge in [-0.1, -0.05) is 20.8 Å². The summed E-state index contributed by atoms with van der Waals surface area (Å²) in [5, 5.41) is 12.3. The topological polar surface area (TPSA) is 75.4 Å². The standard InChI is InChI=1S/C14H28N2O2/c1-10(2)12(8-17)16-13(18)14(9-15)6-4-11(3)5-7-14/h10-12,17H,4-9,15H2,1-3H3,(H,16,18). The molecule has 1 fully saturated rings. The predicted octanol–water partition coefficient (Wildman–Crippen LogP) is 1.27. The first-order valence-corrected chi connectivity index (χ1v) is 7.07. The fourth-order valence-corrected chi connectivity index (χ4v) is 2.58. The number of carbonyl (C=O) groups is 1. The first-order chi connectivity index (χ1) is 8.45. The van der Waals surface area contributed by atoms with Crippen molar-refractivity contribution in [2.45, 2.75) is 52.5 Å². The van der Waals surface area contributed by atoms with Gasteiger partial charge < -0.3 is 16.2 Å². The third kappa shape index (κ3) is 3.45. The number of nitrogens with one attached hydrogen (secondary N) is 1. The van der Waals surface area contributed by atoms with Gasteiger partial charge in [-0.05, 0) is 37.5 Å². The van der Waals surface area contributed by atoms with E-state index in [2.05, 4.69) is 12.2 Å². The number of carbonyl (C=O) groups excluding carboxylic acids is 1. The highest BCUT2D eigenvalue weighted by molar-refractivity contribution is 5.83. The van der Waals surface area contributed by atoms with Gasteiger partial charge in [0, 0.05) is 6.54 Å². The zero-order valence-corrected chi connectivity index (χ0v) is 11.9. The van der Waals surface area contributed by atoms with Crippen molar-refractivity contribution < 1.29 is 9.90 Å². The van der Waals surface area contributed by atoms with Crippen LogP contribution in [-0.4, -0.2) is 30.2 Å². The summed E-state index contributed by atoms with van der Waals surface area (Å²) in [6, 6.07) is -0.166. The molecule has 4 nitrogen and oxygen atoms in total. The highest BCUT2D eigenvalue weighted by Crippen LogP contribution is 2.38. The summed E-state index contributed by atoms with van der Waals surface area (Å²) in [5.74, 6) is 0.956. The predicted molar refractivity (Wildman–Crippen MR) is 73.0 cm³/mol. The summed E-state index contributed by atoms with van der Waals surface area (Å²) < 4.78 is 0. The molecule has 0 heterocycles. The molecule has 0 bridgehead atoms. The molecule has 4 N–H and O–H groups in total. The van der Waals surface area contributed by atoms with Crippen LogP contribution in [0, 0.1) is 17.3 Å². The number of aliphatic hydroxyl groups excluding tert-OH is 1. The Hall–Kier alpha value is -0.610. The summed E-state index contributed by atoms with van der Waals surface area (Å²) in [6.07, 6.45) is 3.87. The van der Waals surface area contributed by atoms with Crippen molar-refractivity contribution in [3.8, 4) is 0 Å². The summed E-state index contributed by atoms with van der Waals surface area (Å²) >= 11 is 0. The lowest BCUT2D eigenvalue weighted by atomic mass is 9.70. The van der Waals surface area contributed by atoms with Crippen LogP contribution in [0.1, 0.15) is 46.5 Å². The molecule has 0 radical (unpaired) electrons. The number of nitrogens with two attached hydrogens (primary N) is 1. The van der Waals surface area contributed by atoms with Crippen molar-refractivity contribution in [2.24, 2.45) is 23.0 Å². The van der Waals surface area contributed by atoms with Crippen LogP contribution >= 0.6 is 0 Å². The molecule has 4 heteroatoms. The lowest BCUT2D eigenvalue weighted by molar-refractivity contribution is -0.134. The zero-order chi connectivity index (χ0) is 13.8. The Morgan fingerprint density at radius 3 is 2.39 bits per heavy atom. The van der Waals surface area contributed by atoms with Crippen molar-refractivity contribution in [2.75, 3.05) is 13.2 Å². The average Bonchev–Trinajstić information content (AvgIpc) is 2.36. The zero-order valence-electron chi connectivity index (χ0n) is 11.9. The van der Waals surface area contributed by atoms with Crippen LogP contribution in [0.4, 0.5) is 0 Å². The van der Waals surface area contributed by atoms with E-state index in [1.54, 1.807) is 0 Å². The van der Waals surface area contributed by atoms with Crippen LogP contribution in [0.15, 0.2) is 0 Å². The van der Waals surface area contributed by atoms with Gasteiger partial charge in [-0.25, -0.2) is 0 Å². The Morgan fingerprint density at radius 2 is 2.00 bits per heavy atom. The molecule has 0 aromatic carbocycles. The van der Waals surface area contributed by atoms with E-state index in [9.17, 15) is 9.90 Å². The quantitative estimate of drug-likeness (QED) is 0.693. The van der Waals surface area contributed by atoms with Crippen molar-refractivity contribution >= 4 is 5.91 Å². The van der Waals surface area contributed by atoms with Gasteiger partial charge in [0.2, 0.25) is 5.91 Å². The van der Waals surface area contributed by atoms with Crippen LogP contribution < -0.4 is 11.1 Å². The average molecular weight is 256 g/mol. The Labute approximate surface area is 110 Å². The molecule has 106 valence electrons. The molecule has 1 atom stereocenters. The van der Waals surface area contributed by atoms with Gasteiger partial charge >= 0.3 is 0 Å². The molecule has 1 unspecified atom stereocenters. The highest BCUT2D eigenvalue weighted by atomic mass is 16.3. The van der Waals surface area contributed by atoms with Gasteiger partial charge in [0.25, 0.3) is 0 Å². The number of amides is 1. The maximum atomic E-state index is 12.4. The van der Waals surface area contributed by atoms with Gasteiger partial charge in [-0.3, -0.25) is 4.79 Å². The third-order valence-corrected chi connectivity index (χ3v) is 4.42. The molecular formula is C14H28N2O2. The van der Waals surface area contributed by atoms with Crippen LogP contribution in [0.3, 0.4) is 0 Å². The van der Waals surface area contributed by atoms with Crippen molar-refractivity contribution in [3.05, 3.63) is 0 Å². The van der Waals surface area contributed by atoms with Crippen LogP contribution in [-0.2, 0) is 4.79 Å². The lowest BCUT2D eigenvalue weighted by Gasteiger charge is -2.38. The third-order valence-electron chi connectivity index (χ3n) is 4.42. The van der Waals surface area contributed by atoms with Gasteiger partial charge in [0.1, 0.15) is 0 Å². The van der Waals surface area contributed by atoms with E-state index in [4.69, 9.17) is 5.73 Å². The fraction of sp³-hybridized carbons (Fsp3) is 0.929. The minimum atomic E-state index is -0.408. The Kier molecular flexibility index (Phi) is 5.60. The van der Waals surface area contributed by atoms with E-state index in [1.165, 1.54) is 0 Å². The largest absolute Gasteiger partial charge is 0.394 e. The summed E-state index contributed by atoms with van der Waals surface area (Å²) in [5.41, 5.74) is 5.45. The molecular weight excluding hydrogens is 228 g/mol. The molecule has 0 aromatic rings. The van der Waals surface area contributed by atoms with Crippen LogP contribution in [0.5, 0.6) is 0 Å². The van der Waals surface area contributed by atoms with E-state index >= 15 is 0 Å². The van der Waals surface area contributed by atoms with E-state index < -0.39 is 5.41 Å². The number of aliphatic hydroxyl groups is 1. The molecule has 1 rings (SSSR count). The molecule has 1 aliphatic carbocycles. The van der Waals surface area contributed by atoms with Gasteiger partial charge in [0.05, 0.1) is 18.1 Å². The molecule has 0 aromatic heterocycles. The van der Waals surface area contributed by atoms with Crippen molar-refractivity contribution in [3.63, 3.8) is 0 Å². The van der Waals surface area contributed by atoms with Crippen LogP contribution in [0.25, 0.3) is 0 Å². The molecule has 0 spiro atoms. The Balaban J connectivity index is 2.67. The smallest absolute Gasteiger partial charge is 0.227 e. The Morgan fingerprint density at radius 1 is 1.44 bits per heavy atom. The minimum absolute atomic E-state index is 0.0134. The van der Waals surface area contributed by atoms with E-state index in [1.807, 2.05) is 13.8 Å². The van der Waals surface area contributed by atoms with E-state index in [0.717, 1.165) is 25.7 Å². The highest BCUT2D eigenvalue weighted by Gasteiger charge is 2.40. The second-order valence-corrected chi connectivity index (χ2v) is 6.17. The van der Waals surface area contributed by atoms with Gasteiger partial charge in [-0.2, -0.15) is 0 Å². The second-order valence-electron chi connectivity index (χ2n) is 6.17. The molecule has 1 aliphatic rings. The number of hydrogen-bond acceptors (Lipinski definition) is 3. The SMILES string of the molecule is CC1CCC(CN)(C(=O)NC(CO)C(C)C)CC1. The molecule has 0 aliphatic heterocycles. The van der Waals surface area contributed by atoms with E-state index in [-0.39, 0.29) is 24.5 Å². The number of rotatable bonds is 5. The van der Waals surface area contributed by atoms with Crippen molar-refractivity contribution in [1.82, 2.24) is 5.32 Å². The number of hydrogen-bond donors (Lipinski definition) is 3. The summed E-state index contributed by atoms with van der Waals surface area (Å²) in [6.45, 7) is 6.61. The maximum Gasteiger partial charge on any atom is 0.227 e. The maximum absolute atomic E-state index is 12.4. The molecule has 0 saturated heterocycles. The molecule has 18 heavy (non-hydrogen) atoms. The fourth-order valence-electron chi connectivity index (χ4n) is 2.58. The normalized spacial score (nSPS) is 30.2. The molecule has 1 amide bonds. The Bertz CT molecular complexity index is 271. The second kappa shape index (κ2) is 6.53.